The molecule has 0 unspecified atom stereocenters. The van der Waals surface area contributed by atoms with Crippen molar-refractivity contribution in [3.8, 4) is 11.1 Å². The van der Waals surface area contributed by atoms with Crippen molar-refractivity contribution < 1.29 is 43.3 Å². The van der Waals surface area contributed by atoms with Crippen LogP contribution in [0.4, 0.5) is 0 Å². The lowest BCUT2D eigenvalue weighted by Gasteiger charge is -2.03. The van der Waals surface area contributed by atoms with Gasteiger partial charge in [-0.05, 0) is 17.5 Å². The molecule has 0 amide bonds. The van der Waals surface area contributed by atoms with E-state index in [1.54, 1.807) is 0 Å². The van der Waals surface area contributed by atoms with Gasteiger partial charge < -0.3 is 21.5 Å². The third-order valence-corrected chi connectivity index (χ3v) is 7.09. The molecule has 0 N–H and O–H groups in total. The van der Waals surface area contributed by atoms with Gasteiger partial charge in [-0.15, -0.1) is 0 Å². The maximum atomic E-state index is 9.22. The second-order valence-electron chi connectivity index (χ2n) is 9.96. The molecule has 2 heterocycles. The lowest BCUT2D eigenvalue weighted by Crippen LogP contribution is -3.00. The van der Waals surface area contributed by atoms with E-state index in [9.17, 15) is 13.0 Å². The number of pyridine rings is 2. The fraction of sp³-hybridized carbons (Fsp3) is 0.667. The Labute approximate surface area is 243 Å². The topological polar surface area (TPSA) is 74.2 Å². The second-order valence-corrected chi connectivity index (χ2v) is 11.1. The van der Waals surface area contributed by atoms with Gasteiger partial charge in [0.25, 0.3) is 0 Å². The summed E-state index contributed by atoms with van der Waals surface area (Å²) >= 11 is 0. The summed E-state index contributed by atoms with van der Waals surface area (Å²) in [6.07, 6.45) is 31.5. The third-order valence-electron chi connectivity index (χ3n) is 6.68. The highest BCUT2D eigenvalue weighted by atomic mass is 79.9. The van der Waals surface area contributed by atoms with Crippen molar-refractivity contribution in [2.24, 2.45) is 7.05 Å². The summed E-state index contributed by atoms with van der Waals surface area (Å²) < 4.78 is 35.4. The van der Waals surface area contributed by atoms with Crippen LogP contribution in [-0.2, 0) is 28.2 Å². The molecule has 2 rings (SSSR count). The molecule has 0 spiro atoms. The van der Waals surface area contributed by atoms with Crippen molar-refractivity contribution in [3.05, 3.63) is 49.1 Å². The van der Waals surface area contributed by atoms with Crippen LogP contribution in [0.3, 0.4) is 0 Å². The summed E-state index contributed by atoms with van der Waals surface area (Å²) in [7, 11) is -1.55. The highest BCUT2D eigenvalue weighted by Gasteiger charge is 2.04. The molecule has 0 aliphatic carbocycles. The molecule has 0 aromatic carbocycles. The van der Waals surface area contributed by atoms with E-state index >= 15 is 0 Å². The molecule has 0 aliphatic heterocycles. The largest absolute Gasteiger partial charge is 1.00 e. The molecule has 0 bridgehead atoms. The molecule has 38 heavy (non-hydrogen) atoms. The van der Waals surface area contributed by atoms with Crippen LogP contribution in [0, 0.1) is 0 Å². The number of hydrogen-bond donors (Lipinski definition) is 0. The van der Waals surface area contributed by atoms with Crippen molar-refractivity contribution in [2.75, 3.05) is 7.11 Å². The SMILES string of the molecule is CCCCCCCCCCCCCCCCCC[n+]1ccc(-c2cc[n+](C)cc2)cc1.COS(=O)(=O)[O-].[Br-]. The Morgan fingerprint density at radius 1 is 0.658 bits per heavy atom. The van der Waals surface area contributed by atoms with Crippen LogP contribution >= 0.6 is 0 Å². The minimum Gasteiger partial charge on any atom is -1.00 e. The highest BCUT2D eigenvalue weighted by molar-refractivity contribution is 7.80. The first-order valence-corrected chi connectivity index (χ1v) is 15.6. The van der Waals surface area contributed by atoms with Crippen LogP contribution < -0.4 is 26.1 Å². The number of nitrogens with zero attached hydrogens (tertiary/aromatic N) is 2. The van der Waals surface area contributed by atoms with Crippen molar-refractivity contribution in [3.63, 3.8) is 0 Å². The first-order valence-electron chi connectivity index (χ1n) is 14.3. The smallest absolute Gasteiger partial charge is 0.217 e. The monoisotopic (exact) mass is 614 g/mol. The predicted molar refractivity (Wildman–Crippen MR) is 150 cm³/mol. The summed E-state index contributed by atoms with van der Waals surface area (Å²) in [5, 5.41) is 0. The van der Waals surface area contributed by atoms with Crippen LogP contribution in [0.5, 0.6) is 0 Å². The van der Waals surface area contributed by atoms with Crippen molar-refractivity contribution in [1.29, 1.82) is 0 Å². The Hall–Kier alpha value is -1.35. The van der Waals surface area contributed by atoms with Gasteiger partial charge in [0, 0.05) is 30.7 Å². The van der Waals surface area contributed by atoms with Crippen LogP contribution in [0.1, 0.15) is 110 Å². The number of aryl methyl sites for hydroxylation is 2. The molecule has 2 aromatic heterocycles. The number of aromatic nitrogens is 2. The normalized spacial score (nSPS) is 10.9. The van der Waals surface area contributed by atoms with Crippen LogP contribution in [0.2, 0.25) is 0 Å². The molecule has 0 saturated carbocycles. The summed E-state index contributed by atoms with van der Waals surface area (Å²) in [4.78, 5) is 0. The van der Waals surface area contributed by atoms with E-state index < -0.39 is 10.4 Å². The van der Waals surface area contributed by atoms with Crippen LogP contribution in [-0.4, -0.2) is 20.1 Å². The molecule has 8 heteroatoms. The van der Waals surface area contributed by atoms with Crippen molar-refractivity contribution >= 4 is 10.4 Å². The first kappa shape index (κ1) is 36.6. The Morgan fingerprint density at radius 3 is 1.32 bits per heavy atom. The van der Waals surface area contributed by atoms with E-state index in [-0.39, 0.29) is 17.0 Å². The van der Waals surface area contributed by atoms with Crippen molar-refractivity contribution in [1.82, 2.24) is 0 Å². The predicted octanol–water partition coefficient (Wildman–Crippen LogP) is 3.82. The minimum absolute atomic E-state index is 0. The van der Waals surface area contributed by atoms with Gasteiger partial charge in [-0.2, -0.15) is 0 Å². The zero-order valence-electron chi connectivity index (χ0n) is 24.0. The van der Waals surface area contributed by atoms with Crippen LogP contribution in [0.15, 0.2) is 49.1 Å². The molecule has 0 saturated heterocycles. The molecule has 6 nitrogen and oxygen atoms in total. The minimum atomic E-state index is -4.41. The van der Waals surface area contributed by atoms with Gasteiger partial charge >= 0.3 is 0 Å². The molecule has 0 atom stereocenters. The third kappa shape index (κ3) is 20.6. The average molecular weight is 616 g/mol. The van der Waals surface area contributed by atoms with E-state index in [1.165, 1.54) is 114 Å². The quantitative estimate of drug-likeness (QED) is 0.104. The molecule has 0 aliphatic rings. The lowest BCUT2D eigenvalue weighted by molar-refractivity contribution is -0.697. The molecule has 0 fully saturated rings. The maximum Gasteiger partial charge on any atom is 0.217 e. The van der Waals surface area contributed by atoms with Gasteiger partial charge in [0.2, 0.25) is 10.4 Å². The van der Waals surface area contributed by atoms with Gasteiger partial charge in [-0.25, -0.2) is 17.6 Å². The zero-order valence-corrected chi connectivity index (χ0v) is 26.4. The number of halogens is 1. The summed E-state index contributed by atoms with van der Waals surface area (Å²) in [5.41, 5.74) is 2.58. The number of hydrogen-bond acceptors (Lipinski definition) is 4. The average Bonchev–Trinajstić information content (AvgIpc) is 2.89. The van der Waals surface area contributed by atoms with Gasteiger partial charge in [-0.1, -0.05) is 96.8 Å². The molecular weight excluding hydrogens is 564 g/mol. The number of rotatable bonds is 19. The lowest BCUT2D eigenvalue weighted by atomic mass is 10.0. The Kier molecular flexibility index (Phi) is 22.7. The second kappa shape index (κ2) is 23.5. The Bertz CT molecular complexity index is 907. The Morgan fingerprint density at radius 2 is 0.974 bits per heavy atom. The fourth-order valence-electron chi connectivity index (χ4n) is 4.33. The fourth-order valence-corrected chi connectivity index (χ4v) is 4.33. The van der Waals surface area contributed by atoms with Gasteiger partial charge in [-0.3, -0.25) is 4.18 Å². The van der Waals surface area contributed by atoms with Crippen LogP contribution in [0.25, 0.3) is 11.1 Å². The standard InChI is InChI=1S/C29H48N2.CH4O4S.BrH/c1-3-4-5-6-7-8-9-10-11-12-13-14-15-16-17-18-23-31-26-21-29(22-27-31)28-19-24-30(2)25-20-28;1-5-6(2,3)4;/h19-22,24-27H,3-18,23H2,1-2H3;1H3,(H,2,3,4);1H/q+2;;/p-2. The van der Waals surface area contributed by atoms with Gasteiger partial charge in [0.05, 0.1) is 7.11 Å². The van der Waals surface area contributed by atoms with E-state index in [2.05, 4.69) is 76.3 Å². The van der Waals surface area contributed by atoms with E-state index in [0.29, 0.717) is 0 Å². The zero-order chi connectivity index (χ0) is 27.2. The Balaban J connectivity index is 0.00000175. The van der Waals surface area contributed by atoms with E-state index in [0.717, 1.165) is 13.7 Å². The summed E-state index contributed by atoms with van der Waals surface area (Å²) in [6.45, 7) is 3.44. The molecule has 2 aromatic rings. The van der Waals surface area contributed by atoms with Gasteiger partial charge in [0.15, 0.2) is 24.8 Å². The molecular formula is C30H51BrN2O4S. The maximum absolute atomic E-state index is 9.22. The first-order chi connectivity index (χ1) is 17.9. The summed E-state index contributed by atoms with van der Waals surface area (Å²) in [5.74, 6) is 0. The molecule has 0 radical (unpaired) electrons. The van der Waals surface area contributed by atoms with E-state index in [4.69, 9.17) is 0 Å². The van der Waals surface area contributed by atoms with Crippen molar-refractivity contribution in [2.45, 2.75) is 116 Å². The number of unbranched alkanes of at least 4 members (excludes halogenated alkanes) is 15. The van der Waals surface area contributed by atoms with Gasteiger partial charge in [0.1, 0.15) is 13.6 Å². The highest BCUT2D eigenvalue weighted by Crippen LogP contribution is 2.16. The summed E-state index contributed by atoms with van der Waals surface area (Å²) in [6, 6.07) is 8.83. The van der Waals surface area contributed by atoms with E-state index in [1.807, 2.05) is 0 Å². The molecule has 218 valence electrons.